The minimum absolute atomic E-state index is 0.00741. The second-order valence-corrected chi connectivity index (χ2v) is 22.3. The van der Waals surface area contributed by atoms with Crippen LogP contribution in [0.3, 0.4) is 0 Å². The van der Waals surface area contributed by atoms with Crippen LogP contribution in [0.5, 0.6) is 0 Å². The number of azide groups is 1. The molecule has 3 heterocycles. The molecule has 1 amide bonds. The molecule has 29 heteroatoms. The largest absolute Gasteiger partial charge is 0.465 e. The Bertz CT molecular complexity index is 3520. The van der Waals surface area contributed by atoms with Gasteiger partial charge in [-0.25, -0.2) is 19.2 Å². The van der Waals surface area contributed by atoms with Crippen LogP contribution in [0.15, 0.2) is 157 Å². The number of hydrogen-bond donors (Lipinski definition) is 1. The fourth-order valence-corrected chi connectivity index (χ4v) is 11.1. The summed E-state index contributed by atoms with van der Waals surface area (Å²) in [4.78, 5) is 126. The van der Waals surface area contributed by atoms with Gasteiger partial charge in [0, 0.05) is 46.6 Å². The molecule has 0 bridgehead atoms. The van der Waals surface area contributed by atoms with E-state index >= 15 is 0 Å². The molecule has 8 rings (SSSR count). The molecule has 5 aromatic rings. The molecule has 97 heavy (non-hydrogen) atoms. The summed E-state index contributed by atoms with van der Waals surface area (Å²) in [5, 5.41) is 6.67. The van der Waals surface area contributed by atoms with Gasteiger partial charge in [0.15, 0.2) is 37.0 Å². The number of nitrogens with one attached hydrogen (secondary N) is 1. The van der Waals surface area contributed by atoms with Gasteiger partial charge >= 0.3 is 47.8 Å². The van der Waals surface area contributed by atoms with Gasteiger partial charge < -0.3 is 81.1 Å². The quantitative estimate of drug-likeness (QED) is 0.0184. The summed E-state index contributed by atoms with van der Waals surface area (Å²) in [5.74, 6) is -11.8. The van der Waals surface area contributed by atoms with Crippen molar-refractivity contribution in [2.24, 2.45) is 5.11 Å². The first kappa shape index (κ1) is 73.1. The van der Waals surface area contributed by atoms with E-state index in [0.717, 1.165) is 41.7 Å². The van der Waals surface area contributed by atoms with E-state index < -0.39 is 177 Å². The zero-order chi connectivity index (χ0) is 69.6. The molecular weight excluding hydrogens is 1270 g/mol. The Morgan fingerprint density at radius 2 is 1.07 bits per heavy atom. The molecule has 0 spiro atoms. The van der Waals surface area contributed by atoms with E-state index in [1.807, 2.05) is 0 Å². The van der Waals surface area contributed by atoms with Crippen LogP contribution < -0.4 is 5.32 Å². The minimum Gasteiger partial charge on any atom is -0.465 e. The summed E-state index contributed by atoms with van der Waals surface area (Å²) < 4.78 is 99.9. The maximum atomic E-state index is 14.9. The Labute approximate surface area is 556 Å². The van der Waals surface area contributed by atoms with Crippen LogP contribution in [0.1, 0.15) is 83.2 Å². The molecule has 3 aliphatic heterocycles. The van der Waals surface area contributed by atoms with E-state index in [0.29, 0.717) is 11.1 Å². The molecule has 3 fully saturated rings. The number of methoxy groups -OCH3 is 2. The average Bonchev–Trinajstić information content (AvgIpc) is 0.763. The number of carbonyl (C=O) groups is 9. The highest BCUT2D eigenvalue weighted by Crippen LogP contribution is 2.41. The third kappa shape index (κ3) is 20.0. The van der Waals surface area contributed by atoms with Crippen molar-refractivity contribution in [3.8, 4) is 0 Å². The zero-order valence-electron chi connectivity index (χ0n) is 53.9. The van der Waals surface area contributed by atoms with Crippen LogP contribution in [-0.2, 0) is 118 Å². The predicted molar refractivity (Wildman–Crippen MR) is 331 cm³/mol. The van der Waals surface area contributed by atoms with E-state index in [4.69, 9.17) is 75.8 Å². The molecule has 516 valence electrons. The molecule has 0 aliphatic carbocycles. The van der Waals surface area contributed by atoms with E-state index in [-0.39, 0.29) is 29.9 Å². The number of amides is 1. The second-order valence-electron chi connectivity index (χ2n) is 22.3. The van der Waals surface area contributed by atoms with Gasteiger partial charge in [-0.1, -0.05) is 120 Å². The second kappa shape index (κ2) is 35.4. The van der Waals surface area contributed by atoms with Gasteiger partial charge in [0.25, 0.3) is 5.79 Å². The van der Waals surface area contributed by atoms with E-state index in [1.165, 1.54) is 43.5 Å². The highest BCUT2D eigenvalue weighted by atomic mass is 16.8. The molecule has 3 aliphatic rings. The average molecular weight is 1350 g/mol. The van der Waals surface area contributed by atoms with Crippen LogP contribution in [0.25, 0.3) is 10.4 Å². The molecule has 0 unspecified atom stereocenters. The number of rotatable bonds is 29. The Kier molecular flexibility index (Phi) is 26.7. The van der Waals surface area contributed by atoms with Gasteiger partial charge in [-0.3, -0.25) is 24.0 Å². The standard InChI is InChI=1S/C68H74N4O25/c1-39(73)70-53-49(89-41(3)75)33-68(67(81)83-7,97-59(53)57(91-43(5)77)50(90-42(4)76)36-84-40(2)74)88-38-52-55(85-34-44-23-13-8-14-24-44)60(94-63(79)47-29-19-11-20-30-47)61(95-64(80)48-31-21-12-22-32-48)66(93-52)96-56-51(37-87-62(78)46-27-17-10-18-28-46)92-65(82-6)54(71-72-69)58(56)86-35-45-25-15-9-16-26-45/h8-32,49-61,65-66H,33-38H2,1-7H3,(H,70,73)/t49-,50+,51+,52+,53+,54+,55-,56+,57+,58+,59+,60-,61+,65-,66-,68+/m0/s1. The van der Waals surface area contributed by atoms with E-state index in [2.05, 4.69) is 15.3 Å². The molecule has 3 saturated heterocycles. The van der Waals surface area contributed by atoms with Gasteiger partial charge in [0.05, 0.1) is 56.1 Å². The van der Waals surface area contributed by atoms with Crippen LogP contribution >= 0.6 is 0 Å². The Hall–Kier alpha value is -9.68. The summed E-state index contributed by atoms with van der Waals surface area (Å²) in [7, 11) is 2.22. The highest BCUT2D eigenvalue weighted by Gasteiger charge is 2.62. The predicted octanol–water partition coefficient (Wildman–Crippen LogP) is 6.16. The lowest BCUT2D eigenvalue weighted by atomic mass is 9.87. The molecule has 16 atom stereocenters. The monoisotopic (exact) mass is 1350 g/mol. The Morgan fingerprint density at radius 1 is 0.567 bits per heavy atom. The lowest BCUT2D eigenvalue weighted by Gasteiger charge is -2.50. The molecule has 29 nitrogen and oxygen atoms in total. The third-order valence-electron chi connectivity index (χ3n) is 15.4. The zero-order valence-corrected chi connectivity index (χ0v) is 53.9. The molecule has 0 aromatic heterocycles. The fourth-order valence-electron chi connectivity index (χ4n) is 11.1. The number of carbonyl (C=O) groups excluding carboxylic acids is 9. The number of benzene rings is 5. The number of hydrogen-bond acceptors (Lipinski definition) is 26. The summed E-state index contributed by atoms with van der Waals surface area (Å²) in [6, 6.07) is 37.7. The fraction of sp³-hybridized carbons (Fsp3) is 0.426. The van der Waals surface area contributed by atoms with Crippen LogP contribution in [0, 0.1) is 0 Å². The van der Waals surface area contributed by atoms with Crippen molar-refractivity contribution in [2.45, 2.75) is 152 Å². The minimum atomic E-state index is -2.90. The summed E-state index contributed by atoms with van der Waals surface area (Å²) in [5.41, 5.74) is 11.5. The Balaban J connectivity index is 1.33. The molecule has 0 radical (unpaired) electrons. The third-order valence-corrected chi connectivity index (χ3v) is 15.4. The smallest absolute Gasteiger partial charge is 0.366 e. The summed E-state index contributed by atoms with van der Waals surface area (Å²) >= 11 is 0. The maximum Gasteiger partial charge on any atom is 0.366 e. The van der Waals surface area contributed by atoms with E-state index in [9.17, 15) is 48.7 Å². The van der Waals surface area contributed by atoms with E-state index in [1.54, 1.807) is 115 Å². The SMILES string of the molecule is COC(=O)[C@@]1(OC[C@H]2O[C@@H](O[C@H]3[C@H](OCc4ccccc4)[C@@H](N=[N+]=[N-])[C@@H](OC)O[C@@H]3COC(=O)c3ccccc3)[C@H](OC(=O)c3ccccc3)[C@@H](OC(=O)c3ccccc3)[C@H]2OCc2ccccc2)C[C@H](OC(C)=O)[C@@H](NC(C)=O)[C@H]([C@H](OC(C)=O)[C@@H](COC(C)=O)OC(C)=O)O1. The van der Waals surface area contributed by atoms with Crippen molar-refractivity contribution in [1.82, 2.24) is 5.32 Å². The van der Waals surface area contributed by atoms with Crippen LogP contribution in [-0.4, -0.2) is 185 Å². The molecular formula is C68H74N4O25. The molecule has 5 aromatic carbocycles. The van der Waals surface area contributed by atoms with Crippen molar-refractivity contribution < 1.29 is 119 Å². The first-order valence-electron chi connectivity index (χ1n) is 30.6. The normalized spacial score (nSPS) is 25.7. The topological polar surface area (TPSA) is 362 Å². The number of esters is 8. The first-order valence-corrected chi connectivity index (χ1v) is 30.6. The molecule has 1 N–H and O–H groups in total. The van der Waals surface area contributed by atoms with Crippen molar-refractivity contribution in [1.29, 1.82) is 0 Å². The van der Waals surface area contributed by atoms with Crippen molar-refractivity contribution >= 4 is 53.7 Å². The van der Waals surface area contributed by atoms with Crippen molar-refractivity contribution in [2.75, 3.05) is 34.0 Å². The van der Waals surface area contributed by atoms with Gasteiger partial charge in [-0.2, -0.15) is 0 Å². The summed E-state index contributed by atoms with van der Waals surface area (Å²) in [6.07, 6.45) is -23.7. The van der Waals surface area contributed by atoms with Crippen LogP contribution in [0.2, 0.25) is 0 Å². The highest BCUT2D eigenvalue weighted by molar-refractivity contribution is 5.91. The lowest BCUT2D eigenvalue weighted by molar-refractivity contribution is -0.362. The van der Waals surface area contributed by atoms with Gasteiger partial charge in [-0.15, -0.1) is 0 Å². The lowest BCUT2D eigenvalue weighted by Crippen LogP contribution is -2.70. The van der Waals surface area contributed by atoms with Gasteiger partial charge in [0.2, 0.25) is 5.91 Å². The number of ether oxygens (including phenoxy) is 16. The van der Waals surface area contributed by atoms with Crippen molar-refractivity contribution in [3.05, 3.63) is 190 Å². The number of nitrogens with zero attached hydrogens (tertiary/aromatic N) is 3. The van der Waals surface area contributed by atoms with Crippen molar-refractivity contribution in [3.63, 3.8) is 0 Å². The molecule has 0 saturated carbocycles. The van der Waals surface area contributed by atoms with Gasteiger partial charge in [0.1, 0.15) is 62.0 Å². The Morgan fingerprint density at radius 3 is 1.57 bits per heavy atom. The first-order chi connectivity index (χ1) is 46.7. The summed E-state index contributed by atoms with van der Waals surface area (Å²) in [6.45, 7) is 2.20. The maximum absolute atomic E-state index is 14.9. The van der Waals surface area contributed by atoms with Crippen LogP contribution in [0.4, 0.5) is 0 Å². The van der Waals surface area contributed by atoms with Gasteiger partial charge in [-0.05, 0) is 53.1 Å².